The third kappa shape index (κ3) is 10.6. The van der Waals surface area contributed by atoms with Gasteiger partial charge in [0.15, 0.2) is 0 Å². The van der Waals surface area contributed by atoms with E-state index in [4.69, 9.17) is 10.2 Å². The monoisotopic (exact) mass is 386 g/mol. The summed E-state index contributed by atoms with van der Waals surface area (Å²) in [6.07, 6.45) is 3.01. The Labute approximate surface area is 163 Å². The van der Waals surface area contributed by atoms with Crippen LogP contribution in [0.15, 0.2) is 0 Å². The Hall–Kier alpha value is -1.22. The number of rotatable bonds is 4. The number of nitrogens with zero attached hydrogens (tertiary/aromatic N) is 4. The maximum atomic E-state index is 11.1. The first-order chi connectivity index (χ1) is 13.0. The molecule has 2 heterocycles. The fraction of sp³-hybridized carbons (Fsp3) is 0.895. The maximum Gasteiger partial charge on any atom is 0.317 e. The summed E-state index contributed by atoms with van der Waals surface area (Å²) in [5, 5.41) is 18.2. The van der Waals surface area contributed by atoms with E-state index in [0.29, 0.717) is 0 Å². The molecule has 8 nitrogen and oxygen atoms in total. The Bertz CT molecular complexity index is 398. The van der Waals surface area contributed by atoms with E-state index in [9.17, 15) is 9.59 Å². The van der Waals surface area contributed by atoms with Crippen LogP contribution in [0.4, 0.5) is 0 Å². The summed E-state index contributed by atoms with van der Waals surface area (Å²) in [5.74, 6) is -1.52. The zero-order chi connectivity index (χ0) is 20.1. The maximum absolute atomic E-state index is 11.1. The van der Waals surface area contributed by atoms with E-state index in [1.165, 1.54) is 0 Å². The van der Waals surface area contributed by atoms with E-state index < -0.39 is 11.9 Å². The Morgan fingerprint density at radius 3 is 1.26 bits per heavy atom. The van der Waals surface area contributed by atoms with Crippen molar-refractivity contribution in [2.45, 2.75) is 33.1 Å². The highest BCUT2D eigenvalue weighted by Gasteiger charge is 2.18. The normalized spacial score (nSPS) is 26.3. The first-order valence-corrected chi connectivity index (χ1v) is 10.4. The Morgan fingerprint density at radius 1 is 0.593 bits per heavy atom. The van der Waals surface area contributed by atoms with Crippen molar-refractivity contribution in [3.05, 3.63) is 0 Å². The minimum Gasteiger partial charge on any atom is -0.480 e. The van der Waals surface area contributed by atoms with Gasteiger partial charge in [-0.05, 0) is 45.4 Å². The van der Waals surface area contributed by atoms with Crippen molar-refractivity contribution in [2.24, 2.45) is 0 Å². The largest absolute Gasteiger partial charge is 0.480 e. The van der Waals surface area contributed by atoms with E-state index in [-0.39, 0.29) is 13.1 Å². The van der Waals surface area contributed by atoms with Crippen LogP contribution < -0.4 is 0 Å². The van der Waals surface area contributed by atoms with Crippen LogP contribution in [0.25, 0.3) is 0 Å². The minimum atomic E-state index is -0.760. The zero-order valence-electron chi connectivity index (χ0n) is 17.1. The molecule has 0 aromatic carbocycles. The Balaban J connectivity index is 0.00000176. The second-order valence-electron chi connectivity index (χ2n) is 7.08. The number of fused-ring (bicyclic) bond motifs is 4. The van der Waals surface area contributed by atoms with Gasteiger partial charge >= 0.3 is 11.9 Å². The van der Waals surface area contributed by atoms with Gasteiger partial charge in [0.05, 0.1) is 13.1 Å². The minimum absolute atomic E-state index is 0.111. The van der Waals surface area contributed by atoms with Crippen molar-refractivity contribution in [3.8, 4) is 0 Å². The van der Waals surface area contributed by atoms with Crippen LogP contribution >= 0.6 is 0 Å². The average Bonchev–Trinajstić information content (AvgIpc) is 2.69. The van der Waals surface area contributed by atoms with Crippen molar-refractivity contribution >= 4 is 11.9 Å². The van der Waals surface area contributed by atoms with Gasteiger partial charge in [0.25, 0.3) is 0 Å². The zero-order valence-corrected chi connectivity index (χ0v) is 17.1. The van der Waals surface area contributed by atoms with Gasteiger partial charge in [0.1, 0.15) is 0 Å². The molecule has 0 radical (unpaired) electrons. The van der Waals surface area contributed by atoms with Crippen molar-refractivity contribution < 1.29 is 19.8 Å². The highest BCUT2D eigenvalue weighted by atomic mass is 16.4. The number of aliphatic carboxylic acids is 2. The van der Waals surface area contributed by atoms with Gasteiger partial charge in [0.2, 0.25) is 0 Å². The predicted molar refractivity (Wildman–Crippen MR) is 106 cm³/mol. The molecule has 0 aliphatic carbocycles. The molecular weight excluding hydrogens is 348 g/mol. The second-order valence-corrected chi connectivity index (χ2v) is 7.08. The topological polar surface area (TPSA) is 87.6 Å². The molecule has 0 amide bonds. The number of carboxylic acids is 2. The number of hydrogen-bond acceptors (Lipinski definition) is 6. The fourth-order valence-electron chi connectivity index (χ4n) is 3.71. The van der Waals surface area contributed by atoms with E-state index in [1.54, 1.807) is 0 Å². The molecule has 0 saturated carbocycles. The number of carboxylic acid groups (broad SMARTS) is 2. The third-order valence-electron chi connectivity index (χ3n) is 5.03. The molecular formula is C19H38N4O4. The van der Waals surface area contributed by atoms with Crippen LogP contribution in [-0.4, -0.2) is 120 Å². The Kier molecular flexibility index (Phi) is 12.2. The van der Waals surface area contributed by atoms with Crippen LogP contribution in [0.5, 0.6) is 0 Å². The standard InChI is InChI=1S/C17H32N4O4.C2H6/c22-16(23)14-20-8-2-6-18-4-1-5-19(11-12-20)7-3-9-21(13-10-18)15-17(24)25;1-2/h1-15H2,(H,22,23)(H,24,25);1-2H3. The lowest BCUT2D eigenvalue weighted by Crippen LogP contribution is -2.41. The lowest BCUT2D eigenvalue weighted by Gasteiger charge is -2.28. The van der Waals surface area contributed by atoms with Crippen LogP contribution in [0.1, 0.15) is 33.1 Å². The van der Waals surface area contributed by atoms with Crippen LogP contribution in [0.2, 0.25) is 0 Å². The SMILES string of the molecule is CC.O=C(O)CN1CCCN2CCCN(CCCN(CC(=O)O)CC2)CC1. The molecule has 0 spiro atoms. The summed E-state index contributed by atoms with van der Waals surface area (Å²) in [5.41, 5.74) is 0. The molecule has 2 aliphatic heterocycles. The summed E-state index contributed by atoms with van der Waals surface area (Å²) >= 11 is 0. The highest BCUT2D eigenvalue weighted by Crippen LogP contribution is 2.07. The summed E-state index contributed by atoms with van der Waals surface area (Å²) in [6, 6.07) is 0. The van der Waals surface area contributed by atoms with Crippen LogP contribution in [0.3, 0.4) is 0 Å². The van der Waals surface area contributed by atoms with Gasteiger partial charge in [-0.3, -0.25) is 19.4 Å². The quantitative estimate of drug-likeness (QED) is 0.726. The molecule has 2 saturated heterocycles. The van der Waals surface area contributed by atoms with Crippen molar-refractivity contribution in [3.63, 3.8) is 0 Å². The molecule has 8 heteroatoms. The molecule has 0 aromatic rings. The molecule has 2 bridgehead atoms. The lowest BCUT2D eigenvalue weighted by molar-refractivity contribution is -0.139. The van der Waals surface area contributed by atoms with Gasteiger partial charge in [0, 0.05) is 39.3 Å². The summed E-state index contributed by atoms with van der Waals surface area (Å²) < 4.78 is 0. The Morgan fingerprint density at radius 2 is 0.926 bits per heavy atom. The van der Waals surface area contributed by atoms with E-state index >= 15 is 0 Å². The molecule has 2 unspecified atom stereocenters. The van der Waals surface area contributed by atoms with E-state index in [0.717, 1.165) is 84.7 Å². The van der Waals surface area contributed by atoms with Gasteiger partial charge < -0.3 is 20.0 Å². The number of hydrogen-bond donors (Lipinski definition) is 2. The molecule has 2 aliphatic rings. The molecule has 2 rings (SSSR count). The highest BCUT2D eigenvalue weighted by molar-refractivity contribution is 5.69. The van der Waals surface area contributed by atoms with E-state index in [1.807, 2.05) is 23.6 Å². The first kappa shape index (κ1) is 23.8. The predicted octanol–water partition coefficient (Wildman–Crippen LogP) is 0.587. The van der Waals surface area contributed by atoms with Gasteiger partial charge in [-0.15, -0.1) is 0 Å². The lowest BCUT2D eigenvalue weighted by atomic mass is 10.3. The van der Waals surface area contributed by atoms with Crippen molar-refractivity contribution in [2.75, 3.05) is 78.5 Å². The van der Waals surface area contributed by atoms with Crippen molar-refractivity contribution in [1.29, 1.82) is 0 Å². The van der Waals surface area contributed by atoms with E-state index in [2.05, 4.69) is 9.80 Å². The second kappa shape index (κ2) is 13.9. The molecule has 2 atom stereocenters. The van der Waals surface area contributed by atoms with Crippen LogP contribution in [0, 0.1) is 0 Å². The summed E-state index contributed by atoms with van der Waals surface area (Å²) in [7, 11) is 0. The fourth-order valence-corrected chi connectivity index (χ4v) is 3.71. The number of carbonyl (C=O) groups is 2. The van der Waals surface area contributed by atoms with Crippen molar-refractivity contribution in [1.82, 2.24) is 19.6 Å². The van der Waals surface area contributed by atoms with Gasteiger partial charge in [-0.25, -0.2) is 0 Å². The molecule has 158 valence electrons. The molecule has 2 N–H and O–H groups in total. The van der Waals surface area contributed by atoms with Gasteiger partial charge in [-0.1, -0.05) is 13.8 Å². The molecule has 2 fully saturated rings. The molecule has 0 aromatic heterocycles. The molecule has 27 heavy (non-hydrogen) atoms. The smallest absolute Gasteiger partial charge is 0.317 e. The van der Waals surface area contributed by atoms with Crippen LogP contribution in [-0.2, 0) is 9.59 Å². The average molecular weight is 387 g/mol. The summed E-state index contributed by atoms with van der Waals surface area (Å²) in [6.45, 7) is 13.1. The summed E-state index contributed by atoms with van der Waals surface area (Å²) in [4.78, 5) is 31.0. The first-order valence-electron chi connectivity index (χ1n) is 10.4. The third-order valence-corrected chi connectivity index (χ3v) is 5.03. The van der Waals surface area contributed by atoms with Gasteiger partial charge in [-0.2, -0.15) is 0 Å².